The van der Waals surface area contributed by atoms with Crippen molar-refractivity contribution in [3.8, 4) is 5.69 Å². The molecule has 0 aliphatic rings. The van der Waals surface area contributed by atoms with Crippen LogP contribution in [-0.2, 0) is 26.7 Å². The Labute approximate surface area is 231 Å². The summed E-state index contributed by atoms with van der Waals surface area (Å²) in [7, 11) is -2.22. The van der Waals surface area contributed by atoms with Crippen LogP contribution in [-0.4, -0.2) is 39.6 Å². The van der Waals surface area contributed by atoms with Crippen molar-refractivity contribution < 1.29 is 18.0 Å². The van der Waals surface area contributed by atoms with Gasteiger partial charge in [-0.25, -0.2) is 27.8 Å². The van der Waals surface area contributed by atoms with Crippen molar-refractivity contribution in [2.45, 2.75) is 38.5 Å². The number of aromatic nitrogens is 4. The van der Waals surface area contributed by atoms with Crippen molar-refractivity contribution in [3.05, 3.63) is 88.1 Å². The van der Waals surface area contributed by atoms with E-state index in [1.54, 1.807) is 50.7 Å². The second kappa shape index (κ2) is 11.5. The van der Waals surface area contributed by atoms with E-state index in [1.165, 1.54) is 28.9 Å². The molecule has 0 bridgehead atoms. The van der Waals surface area contributed by atoms with E-state index in [0.717, 1.165) is 0 Å². The van der Waals surface area contributed by atoms with Gasteiger partial charge in [0.15, 0.2) is 0 Å². The molecule has 0 radical (unpaired) electrons. The van der Waals surface area contributed by atoms with Gasteiger partial charge in [0.1, 0.15) is 5.69 Å². The van der Waals surface area contributed by atoms with E-state index < -0.39 is 21.8 Å². The molecule has 0 unspecified atom stereocenters. The van der Waals surface area contributed by atoms with Crippen LogP contribution in [0.3, 0.4) is 0 Å². The predicted molar refractivity (Wildman–Crippen MR) is 151 cm³/mol. The zero-order chi connectivity index (χ0) is 29.0. The van der Waals surface area contributed by atoms with E-state index in [9.17, 15) is 22.8 Å². The Morgan fingerprint density at radius 2 is 1.43 bits per heavy atom. The van der Waals surface area contributed by atoms with Crippen molar-refractivity contribution in [2.75, 3.05) is 15.4 Å². The lowest BCUT2D eigenvalue weighted by Crippen LogP contribution is -2.23. The lowest BCUT2D eigenvalue weighted by Gasteiger charge is -2.09. The molecule has 0 spiro atoms. The first-order valence-corrected chi connectivity index (χ1v) is 13.8. The zero-order valence-corrected chi connectivity index (χ0v) is 23.2. The van der Waals surface area contributed by atoms with Crippen LogP contribution in [0.1, 0.15) is 29.9 Å². The molecule has 2 aromatic heterocycles. The maximum Gasteiger partial charge on any atom is 0.295 e. The maximum atomic E-state index is 12.9. The van der Waals surface area contributed by atoms with Crippen molar-refractivity contribution >= 4 is 39.2 Å². The third-order valence-electron chi connectivity index (χ3n) is 6.05. The number of para-hydroxylation sites is 1. The molecule has 0 saturated carbocycles. The van der Waals surface area contributed by atoms with Gasteiger partial charge in [0.05, 0.1) is 16.3 Å². The number of rotatable bonds is 9. The van der Waals surface area contributed by atoms with E-state index in [-0.39, 0.29) is 34.9 Å². The molecule has 40 heavy (non-hydrogen) atoms. The summed E-state index contributed by atoms with van der Waals surface area (Å²) < 4.78 is 30.8. The van der Waals surface area contributed by atoms with E-state index in [2.05, 4.69) is 25.3 Å². The fourth-order valence-corrected chi connectivity index (χ4v) is 4.98. The zero-order valence-electron chi connectivity index (χ0n) is 22.4. The molecule has 0 atom stereocenters. The first-order chi connectivity index (χ1) is 18.9. The molecular formula is C27H29N7O5S. The van der Waals surface area contributed by atoms with Crippen LogP contribution in [0.2, 0.25) is 0 Å². The summed E-state index contributed by atoms with van der Waals surface area (Å²) in [5.74, 6) is -0.959. The van der Waals surface area contributed by atoms with E-state index in [1.807, 2.05) is 18.2 Å². The molecule has 12 nitrogen and oxygen atoms in total. The maximum absolute atomic E-state index is 12.9. The monoisotopic (exact) mass is 563 g/mol. The normalized spacial score (nSPS) is 11.2. The summed E-state index contributed by atoms with van der Waals surface area (Å²) in [6, 6.07) is 16.3. The van der Waals surface area contributed by atoms with Crippen LogP contribution in [0.4, 0.5) is 17.3 Å². The molecule has 2 heterocycles. The molecule has 4 aromatic rings. The number of hydrogen-bond donors (Lipinski definition) is 3. The van der Waals surface area contributed by atoms with Gasteiger partial charge in [0.2, 0.25) is 17.8 Å². The number of benzene rings is 2. The number of nitrogens with zero attached hydrogens (tertiary/aromatic N) is 4. The van der Waals surface area contributed by atoms with Gasteiger partial charge < -0.3 is 10.6 Å². The van der Waals surface area contributed by atoms with Crippen LogP contribution in [0, 0.1) is 20.8 Å². The van der Waals surface area contributed by atoms with Gasteiger partial charge in [-0.2, -0.15) is 0 Å². The van der Waals surface area contributed by atoms with Gasteiger partial charge in [0.25, 0.3) is 15.6 Å². The number of aryl methyl sites for hydroxylation is 2. The quantitative estimate of drug-likeness (QED) is 0.282. The van der Waals surface area contributed by atoms with Crippen molar-refractivity contribution in [1.29, 1.82) is 0 Å². The summed E-state index contributed by atoms with van der Waals surface area (Å²) in [4.78, 5) is 46.0. The number of carbonyl (C=O) groups excluding carboxylic acids is 2. The summed E-state index contributed by atoms with van der Waals surface area (Å²) >= 11 is 0. The molecule has 3 N–H and O–H groups in total. The highest BCUT2D eigenvalue weighted by molar-refractivity contribution is 7.92. The van der Waals surface area contributed by atoms with E-state index >= 15 is 0 Å². The third-order valence-corrected chi connectivity index (χ3v) is 7.40. The van der Waals surface area contributed by atoms with Crippen LogP contribution in [0.25, 0.3) is 5.69 Å². The summed E-state index contributed by atoms with van der Waals surface area (Å²) in [5.41, 5.74) is 2.61. The average molecular weight is 564 g/mol. The SMILES string of the molecule is Cc1cc(C)nc(NS(=O)(=O)c2ccc(NC(=O)CCC(=O)Nc3c(C)n(C)n(-c4ccccc4)c3=O)cc2)n1. The Bertz CT molecular complexity index is 1710. The highest BCUT2D eigenvalue weighted by Crippen LogP contribution is 2.18. The van der Waals surface area contributed by atoms with Gasteiger partial charge in [-0.1, -0.05) is 18.2 Å². The van der Waals surface area contributed by atoms with Crippen LogP contribution in [0.15, 0.2) is 70.4 Å². The highest BCUT2D eigenvalue weighted by Gasteiger charge is 2.19. The number of amides is 2. The Morgan fingerprint density at radius 3 is 2.02 bits per heavy atom. The Kier molecular flexibility index (Phi) is 8.14. The number of carbonyl (C=O) groups is 2. The summed E-state index contributed by atoms with van der Waals surface area (Å²) in [6.07, 6.45) is -0.298. The molecule has 2 aromatic carbocycles. The van der Waals surface area contributed by atoms with Crippen LogP contribution < -0.4 is 20.9 Å². The Morgan fingerprint density at radius 1 is 0.850 bits per heavy atom. The largest absolute Gasteiger partial charge is 0.326 e. The van der Waals surface area contributed by atoms with E-state index in [4.69, 9.17) is 0 Å². The standard InChI is InChI=1S/C27H29N7O5S/c1-17-16-18(2)29-27(28-17)32-40(38,39)22-12-10-20(11-13-22)30-23(35)14-15-24(36)31-25-19(3)33(4)34(26(25)37)21-8-6-5-7-9-21/h5-13,16H,14-15H2,1-4H3,(H,30,35)(H,31,36)(H,28,29,32). The highest BCUT2D eigenvalue weighted by atomic mass is 32.2. The molecule has 208 valence electrons. The second-order valence-electron chi connectivity index (χ2n) is 9.14. The van der Waals surface area contributed by atoms with Crippen molar-refractivity contribution in [2.24, 2.45) is 7.05 Å². The number of sulfonamides is 1. The predicted octanol–water partition coefficient (Wildman–Crippen LogP) is 3.05. The number of nitrogens with one attached hydrogen (secondary N) is 3. The fraction of sp³-hybridized carbons (Fsp3) is 0.222. The van der Waals surface area contributed by atoms with Gasteiger partial charge in [-0.15, -0.1) is 0 Å². The fourth-order valence-electron chi connectivity index (χ4n) is 4.03. The third kappa shape index (κ3) is 6.43. The van der Waals surface area contributed by atoms with Gasteiger partial charge >= 0.3 is 0 Å². The molecule has 13 heteroatoms. The molecule has 0 saturated heterocycles. The topological polar surface area (TPSA) is 157 Å². The first kappa shape index (κ1) is 28.2. The molecule has 0 aliphatic carbocycles. The molecular weight excluding hydrogens is 534 g/mol. The number of anilines is 3. The van der Waals surface area contributed by atoms with Gasteiger partial charge in [0, 0.05) is 37.0 Å². The minimum absolute atomic E-state index is 0.0298. The Balaban J connectivity index is 1.34. The van der Waals surface area contributed by atoms with Gasteiger partial charge in [-0.3, -0.25) is 19.1 Å². The van der Waals surface area contributed by atoms with E-state index in [0.29, 0.717) is 28.5 Å². The molecule has 2 amide bonds. The van der Waals surface area contributed by atoms with Crippen molar-refractivity contribution in [1.82, 2.24) is 19.3 Å². The summed E-state index contributed by atoms with van der Waals surface area (Å²) in [6.45, 7) is 5.19. The first-order valence-electron chi connectivity index (χ1n) is 12.3. The minimum atomic E-state index is -3.94. The molecule has 4 rings (SSSR count). The van der Waals surface area contributed by atoms with Crippen LogP contribution >= 0.6 is 0 Å². The minimum Gasteiger partial charge on any atom is -0.326 e. The molecule has 0 aliphatic heterocycles. The van der Waals surface area contributed by atoms with Gasteiger partial charge in [-0.05, 0) is 63.2 Å². The van der Waals surface area contributed by atoms with Crippen molar-refractivity contribution in [3.63, 3.8) is 0 Å². The van der Waals surface area contributed by atoms with Crippen LogP contribution in [0.5, 0.6) is 0 Å². The lowest BCUT2D eigenvalue weighted by molar-refractivity contribution is -0.121. The molecule has 0 fully saturated rings. The average Bonchev–Trinajstić information content (AvgIpc) is 3.10. The Hall–Kier alpha value is -4.78. The second-order valence-corrected chi connectivity index (χ2v) is 10.8. The summed E-state index contributed by atoms with van der Waals surface area (Å²) in [5, 5.41) is 5.26. The smallest absolute Gasteiger partial charge is 0.295 e. The lowest BCUT2D eigenvalue weighted by atomic mass is 10.2. The number of hydrogen-bond acceptors (Lipinski definition) is 7.